The van der Waals surface area contributed by atoms with Crippen LogP contribution in [0.1, 0.15) is 26.3 Å². The molecule has 0 spiro atoms. The molecule has 2 heteroatoms. The van der Waals surface area contributed by atoms with Gasteiger partial charge in [0, 0.05) is 13.2 Å². The van der Waals surface area contributed by atoms with Gasteiger partial charge in [-0.3, -0.25) is 0 Å². The first kappa shape index (κ1) is 9.10. The Morgan fingerprint density at radius 1 is 1.36 bits per heavy atom. The van der Waals surface area contributed by atoms with E-state index in [1.807, 2.05) is 0 Å². The van der Waals surface area contributed by atoms with Crippen LogP contribution in [0.5, 0.6) is 0 Å². The highest BCUT2D eigenvalue weighted by Crippen LogP contribution is 2.27. The largest absolute Gasteiger partial charge is 0.346 e. The number of aryl methyl sites for hydroxylation is 1. The molecule has 0 saturated heterocycles. The van der Waals surface area contributed by atoms with Crippen LogP contribution in [0.3, 0.4) is 0 Å². The van der Waals surface area contributed by atoms with Crippen LogP contribution in [0.2, 0.25) is 0 Å². The molecule has 1 rings (SSSR count). The lowest BCUT2D eigenvalue weighted by molar-refractivity contribution is 0.584. The molecule has 0 aliphatic carbocycles. The molecule has 0 bridgehead atoms. The van der Waals surface area contributed by atoms with Gasteiger partial charge in [0.1, 0.15) is 0 Å². The molecular formula is C9H14IN. The molecule has 0 aliphatic rings. The van der Waals surface area contributed by atoms with E-state index in [1.165, 1.54) is 9.26 Å². The molecule has 1 nitrogen and oxygen atoms in total. The third-order valence-corrected chi connectivity index (χ3v) is 3.15. The van der Waals surface area contributed by atoms with E-state index < -0.39 is 0 Å². The molecule has 0 N–H and O–H groups in total. The summed E-state index contributed by atoms with van der Waals surface area (Å²) >= 11 is 2.39. The van der Waals surface area contributed by atoms with Crippen molar-refractivity contribution in [1.82, 2.24) is 4.57 Å². The quantitative estimate of drug-likeness (QED) is 0.634. The lowest BCUT2D eigenvalue weighted by Crippen LogP contribution is -2.12. The Morgan fingerprint density at radius 3 is 2.09 bits per heavy atom. The molecule has 0 atom stereocenters. The zero-order chi connectivity index (χ0) is 8.65. The van der Waals surface area contributed by atoms with Crippen LogP contribution in [0.4, 0.5) is 0 Å². The minimum absolute atomic E-state index is 0.276. The molecule has 0 aromatic carbocycles. The SMILES string of the molecule is Cn1ccc(C(C)(C)C)c1I. The molecule has 0 amide bonds. The predicted molar refractivity (Wildman–Crippen MR) is 56.8 cm³/mol. The van der Waals surface area contributed by atoms with Crippen LogP contribution in [-0.4, -0.2) is 4.57 Å². The van der Waals surface area contributed by atoms with Gasteiger partial charge in [0.25, 0.3) is 0 Å². The lowest BCUT2D eigenvalue weighted by Gasteiger charge is -2.17. The minimum Gasteiger partial charge on any atom is -0.346 e. The molecule has 1 aromatic heterocycles. The van der Waals surface area contributed by atoms with Crippen LogP contribution in [0.15, 0.2) is 12.3 Å². The summed E-state index contributed by atoms with van der Waals surface area (Å²) in [4.78, 5) is 0. The number of halogens is 1. The Morgan fingerprint density at radius 2 is 1.91 bits per heavy atom. The molecule has 0 radical (unpaired) electrons. The van der Waals surface area contributed by atoms with E-state index in [-0.39, 0.29) is 5.41 Å². The topological polar surface area (TPSA) is 4.93 Å². The van der Waals surface area contributed by atoms with Crippen molar-refractivity contribution in [3.63, 3.8) is 0 Å². The number of aromatic nitrogens is 1. The molecular weight excluding hydrogens is 249 g/mol. The summed E-state index contributed by atoms with van der Waals surface area (Å²) in [6, 6.07) is 2.20. The van der Waals surface area contributed by atoms with E-state index in [1.54, 1.807) is 0 Å². The van der Waals surface area contributed by atoms with Crippen LogP contribution >= 0.6 is 22.6 Å². The smallest absolute Gasteiger partial charge is 0.0833 e. The summed E-state index contributed by atoms with van der Waals surface area (Å²) in [5.74, 6) is 0. The van der Waals surface area contributed by atoms with Crippen LogP contribution in [0.25, 0.3) is 0 Å². The van der Waals surface area contributed by atoms with Gasteiger partial charge in [-0.05, 0) is 39.6 Å². The fourth-order valence-electron chi connectivity index (χ4n) is 1.07. The molecule has 1 aromatic rings. The summed E-state index contributed by atoms with van der Waals surface area (Å²) < 4.78 is 3.50. The first-order valence-corrected chi connectivity index (χ1v) is 4.82. The maximum absolute atomic E-state index is 2.39. The van der Waals surface area contributed by atoms with Gasteiger partial charge < -0.3 is 4.57 Å². The minimum atomic E-state index is 0.276. The maximum atomic E-state index is 2.39. The van der Waals surface area contributed by atoms with Crippen molar-refractivity contribution in [2.24, 2.45) is 7.05 Å². The normalized spacial score (nSPS) is 12.1. The van der Waals surface area contributed by atoms with Gasteiger partial charge in [-0.25, -0.2) is 0 Å². The Balaban J connectivity index is 3.15. The second-order valence-electron chi connectivity index (χ2n) is 3.88. The second kappa shape index (κ2) is 2.81. The summed E-state index contributed by atoms with van der Waals surface area (Å²) in [7, 11) is 2.08. The Hall–Kier alpha value is 0.01000. The number of hydrogen-bond donors (Lipinski definition) is 0. The summed E-state index contributed by atoms with van der Waals surface area (Å²) in [5, 5.41) is 0. The van der Waals surface area contributed by atoms with Gasteiger partial charge >= 0.3 is 0 Å². The van der Waals surface area contributed by atoms with Gasteiger partial charge in [-0.2, -0.15) is 0 Å². The maximum Gasteiger partial charge on any atom is 0.0833 e. The van der Waals surface area contributed by atoms with Gasteiger partial charge in [-0.15, -0.1) is 0 Å². The van der Waals surface area contributed by atoms with Crippen molar-refractivity contribution in [2.45, 2.75) is 26.2 Å². The third kappa shape index (κ3) is 1.78. The fourth-order valence-corrected chi connectivity index (χ4v) is 2.22. The number of nitrogens with zero attached hydrogens (tertiary/aromatic N) is 1. The average molecular weight is 263 g/mol. The number of hydrogen-bond acceptors (Lipinski definition) is 0. The van der Waals surface area contributed by atoms with Crippen molar-refractivity contribution < 1.29 is 0 Å². The van der Waals surface area contributed by atoms with Gasteiger partial charge in [0.2, 0.25) is 0 Å². The zero-order valence-electron chi connectivity index (χ0n) is 7.48. The molecule has 0 aliphatic heterocycles. The Labute approximate surface area is 81.9 Å². The standard InChI is InChI=1S/C9H14IN/c1-9(2,3)7-5-6-11(4)8(7)10/h5-6H,1-4H3. The highest BCUT2D eigenvalue weighted by atomic mass is 127. The average Bonchev–Trinajstić information content (AvgIpc) is 2.11. The van der Waals surface area contributed by atoms with E-state index in [0.717, 1.165) is 0 Å². The van der Waals surface area contributed by atoms with Gasteiger partial charge in [-0.1, -0.05) is 20.8 Å². The highest BCUT2D eigenvalue weighted by molar-refractivity contribution is 14.1. The number of rotatable bonds is 0. The van der Waals surface area contributed by atoms with Crippen molar-refractivity contribution in [3.05, 3.63) is 21.5 Å². The van der Waals surface area contributed by atoms with Crippen LogP contribution in [0, 0.1) is 3.70 Å². The van der Waals surface area contributed by atoms with Crippen molar-refractivity contribution >= 4 is 22.6 Å². The van der Waals surface area contributed by atoms with Crippen molar-refractivity contribution in [3.8, 4) is 0 Å². The van der Waals surface area contributed by atoms with Crippen molar-refractivity contribution in [2.75, 3.05) is 0 Å². The molecule has 0 saturated carbocycles. The lowest BCUT2D eigenvalue weighted by atomic mass is 9.89. The van der Waals surface area contributed by atoms with Crippen LogP contribution < -0.4 is 0 Å². The molecule has 0 unspecified atom stereocenters. The summed E-state index contributed by atoms with van der Waals surface area (Å²) in [6.45, 7) is 6.72. The first-order chi connectivity index (χ1) is 4.93. The van der Waals surface area contributed by atoms with Gasteiger partial charge in [0.05, 0.1) is 3.70 Å². The van der Waals surface area contributed by atoms with Gasteiger partial charge in [0.15, 0.2) is 0 Å². The van der Waals surface area contributed by atoms with Crippen LogP contribution in [-0.2, 0) is 12.5 Å². The van der Waals surface area contributed by atoms with E-state index >= 15 is 0 Å². The summed E-state index contributed by atoms with van der Waals surface area (Å²) in [5.41, 5.74) is 1.71. The highest BCUT2D eigenvalue weighted by Gasteiger charge is 2.18. The molecule has 0 fully saturated rings. The first-order valence-electron chi connectivity index (χ1n) is 3.74. The zero-order valence-corrected chi connectivity index (χ0v) is 9.64. The molecule has 62 valence electrons. The molecule has 1 heterocycles. The summed E-state index contributed by atoms with van der Waals surface area (Å²) in [6.07, 6.45) is 2.11. The van der Waals surface area contributed by atoms with Crippen molar-refractivity contribution in [1.29, 1.82) is 0 Å². The van der Waals surface area contributed by atoms with E-state index in [2.05, 4.69) is 67.2 Å². The monoisotopic (exact) mass is 263 g/mol. The Bertz CT molecular complexity index is 255. The second-order valence-corrected chi connectivity index (χ2v) is 4.90. The Kier molecular flexibility index (Phi) is 2.32. The van der Waals surface area contributed by atoms with E-state index in [4.69, 9.17) is 0 Å². The van der Waals surface area contributed by atoms with E-state index in [0.29, 0.717) is 0 Å². The fraction of sp³-hybridized carbons (Fsp3) is 0.556. The third-order valence-electron chi connectivity index (χ3n) is 1.80. The van der Waals surface area contributed by atoms with E-state index in [9.17, 15) is 0 Å². The molecule has 11 heavy (non-hydrogen) atoms. The predicted octanol–water partition coefficient (Wildman–Crippen LogP) is 2.93.